The first-order valence-electron chi connectivity index (χ1n) is 6.30. The topological polar surface area (TPSA) is 67.2 Å². The van der Waals surface area contributed by atoms with E-state index in [0.717, 1.165) is 5.56 Å². The average molecular weight is 294 g/mol. The van der Waals surface area contributed by atoms with Crippen molar-refractivity contribution in [3.05, 3.63) is 52.7 Å². The number of benzene rings is 1. The quantitative estimate of drug-likeness (QED) is 0.855. The van der Waals surface area contributed by atoms with Gasteiger partial charge < -0.3 is 15.1 Å². The van der Waals surface area contributed by atoms with Crippen LogP contribution in [0.15, 0.2) is 34.9 Å². The van der Waals surface area contributed by atoms with Crippen LogP contribution in [-0.4, -0.2) is 24.5 Å². The number of hydrogen-bond acceptors (Lipinski definition) is 4. The molecule has 0 aliphatic heterocycles. The van der Waals surface area contributed by atoms with Crippen molar-refractivity contribution in [1.82, 2.24) is 15.6 Å². The summed E-state index contributed by atoms with van der Waals surface area (Å²) in [7, 11) is 1.79. The number of aromatic nitrogens is 1. The molecule has 20 heavy (non-hydrogen) atoms. The van der Waals surface area contributed by atoms with Gasteiger partial charge in [0, 0.05) is 11.6 Å². The summed E-state index contributed by atoms with van der Waals surface area (Å²) in [5.41, 5.74) is 1.37. The highest BCUT2D eigenvalue weighted by atomic mass is 35.5. The molecule has 0 saturated heterocycles. The first-order valence-corrected chi connectivity index (χ1v) is 6.68. The predicted octanol–water partition coefficient (Wildman–Crippen LogP) is 2.02. The third-order valence-electron chi connectivity index (χ3n) is 2.70. The van der Waals surface area contributed by atoms with E-state index in [2.05, 4.69) is 15.6 Å². The molecule has 0 atom stereocenters. The highest BCUT2D eigenvalue weighted by Gasteiger charge is 2.11. The van der Waals surface area contributed by atoms with Gasteiger partial charge in [-0.3, -0.25) is 4.79 Å². The van der Waals surface area contributed by atoms with Gasteiger partial charge in [0.05, 0.1) is 6.54 Å². The molecule has 6 heteroatoms. The molecular formula is C14H16ClN3O2. The smallest absolute Gasteiger partial charge is 0.273 e. The maximum absolute atomic E-state index is 11.8. The van der Waals surface area contributed by atoms with Crippen molar-refractivity contribution in [2.45, 2.75) is 13.0 Å². The van der Waals surface area contributed by atoms with Crippen LogP contribution in [0.5, 0.6) is 0 Å². The lowest BCUT2D eigenvalue weighted by Crippen LogP contribution is -2.26. The van der Waals surface area contributed by atoms with Gasteiger partial charge >= 0.3 is 0 Å². The van der Waals surface area contributed by atoms with E-state index in [4.69, 9.17) is 16.0 Å². The number of amides is 1. The van der Waals surface area contributed by atoms with Gasteiger partial charge in [-0.1, -0.05) is 23.7 Å². The lowest BCUT2D eigenvalue weighted by molar-refractivity contribution is 0.0949. The second-order valence-electron chi connectivity index (χ2n) is 4.29. The molecule has 0 bridgehead atoms. The summed E-state index contributed by atoms with van der Waals surface area (Å²) in [6.07, 6.45) is 2.08. The van der Waals surface area contributed by atoms with Crippen molar-refractivity contribution < 1.29 is 9.21 Å². The third-order valence-corrected chi connectivity index (χ3v) is 2.94. The molecule has 0 saturated carbocycles. The fourth-order valence-corrected chi connectivity index (χ4v) is 1.96. The molecule has 5 nitrogen and oxygen atoms in total. The number of rotatable bonds is 6. The van der Waals surface area contributed by atoms with Gasteiger partial charge in [-0.25, -0.2) is 4.98 Å². The minimum absolute atomic E-state index is 0.238. The molecule has 2 rings (SSSR count). The molecule has 2 N–H and O–H groups in total. The second kappa shape index (κ2) is 7.07. The predicted molar refractivity (Wildman–Crippen MR) is 76.8 cm³/mol. The molecule has 1 aromatic carbocycles. The average Bonchev–Trinajstić information content (AvgIpc) is 2.88. The first kappa shape index (κ1) is 14.6. The van der Waals surface area contributed by atoms with Crippen molar-refractivity contribution >= 4 is 17.5 Å². The van der Waals surface area contributed by atoms with Crippen molar-refractivity contribution in [3.63, 3.8) is 0 Å². The van der Waals surface area contributed by atoms with Gasteiger partial charge in [0.25, 0.3) is 5.91 Å². The van der Waals surface area contributed by atoms with E-state index in [1.807, 2.05) is 24.3 Å². The van der Waals surface area contributed by atoms with Gasteiger partial charge in [0.15, 0.2) is 5.69 Å². The van der Waals surface area contributed by atoms with E-state index in [1.54, 1.807) is 7.05 Å². The number of nitrogens with one attached hydrogen (secondary N) is 2. The summed E-state index contributed by atoms with van der Waals surface area (Å²) in [5.74, 6) is 0.255. The Labute approximate surface area is 122 Å². The zero-order valence-corrected chi connectivity index (χ0v) is 11.9. The van der Waals surface area contributed by atoms with Gasteiger partial charge in [-0.05, 0) is 31.2 Å². The molecule has 0 fully saturated rings. The van der Waals surface area contributed by atoms with E-state index in [-0.39, 0.29) is 5.91 Å². The third kappa shape index (κ3) is 4.08. The van der Waals surface area contributed by atoms with Crippen LogP contribution in [0.3, 0.4) is 0 Å². The summed E-state index contributed by atoms with van der Waals surface area (Å²) in [5, 5.41) is 6.40. The molecule has 1 heterocycles. The minimum Gasteiger partial charge on any atom is -0.447 e. The Morgan fingerprint density at radius 2 is 2.30 bits per heavy atom. The Bertz CT molecular complexity index is 583. The van der Waals surface area contributed by atoms with Crippen molar-refractivity contribution in [3.8, 4) is 0 Å². The summed E-state index contributed by atoms with van der Waals surface area (Å²) >= 11 is 5.90. The number of nitrogens with zero attached hydrogens (tertiary/aromatic N) is 1. The Morgan fingerprint density at radius 3 is 3.05 bits per heavy atom. The number of hydrogen-bond donors (Lipinski definition) is 2. The van der Waals surface area contributed by atoms with Crippen LogP contribution in [-0.2, 0) is 13.0 Å². The molecule has 0 aliphatic rings. The molecule has 2 aromatic rings. The fraction of sp³-hybridized carbons (Fsp3) is 0.286. The fourth-order valence-electron chi connectivity index (χ4n) is 1.75. The Balaban J connectivity index is 1.82. The molecule has 0 spiro atoms. The maximum Gasteiger partial charge on any atom is 0.273 e. The normalized spacial score (nSPS) is 10.5. The van der Waals surface area contributed by atoms with Gasteiger partial charge in [0.1, 0.15) is 6.26 Å². The lowest BCUT2D eigenvalue weighted by Gasteiger charge is -2.03. The number of oxazole rings is 1. The van der Waals surface area contributed by atoms with Gasteiger partial charge in [0.2, 0.25) is 5.89 Å². The zero-order valence-electron chi connectivity index (χ0n) is 11.1. The number of carbonyl (C=O) groups excluding carboxylic acids is 1. The van der Waals surface area contributed by atoms with Crippen LogP contribution in [0, 0.1) is 0 Å². The lowest BCUT2D eigenvalue weighted by atomic mass is 10.1. The molecule has 1 amide bonds. The maximum atomic E-state index is 11.8. The van der Waals surface area contributed by atoms with Crippen LogP contribution in [0.2, 0.25) is 5.02 Å². The highest BCUT2D eigenvalue weighted by Crippen LogP contribution is 2.10. The Kier molecular flexibility index (Phi) is 5.15. The summed E-state index contributed by atoms with van der Waals surface area (Å²) < 4.78 is 5.15. The minimum atomic E-state index is -0.238. The molecular weight excluding hydrogens is 278 g/mol. The summed E-state index contributed by atoms with van der Waals surface area (Å²) in [4.78, 5) is 15.9. The van der Waals surface area contributed by atoms with E-state index < -0.39 is 0 Å². The van der Waals surface area contributed by atoms with E-state index in [9.17, 15) is 4.79 Å². The van der Waals surface area contributed by atoms with Crippen molar-refractivity contribution in [1.29, 1.82) is 0 Å². The Hall–Kier alpha value is -1.85. The van der Waals surface area contributed by atoms with Crippen LogP contribution in [0.4, 0.5) is 0 Å². The van der Waals surface area contributed by atoms with E-state index >= 15 is 0 Å². The van der Waals surface area contributed by atoms with Crippen LogP contribution in [0.1, 0.15) is 21.9 Å². The molecule has 1 aromatic heterocycles. The molecule has 0 unspecified atom stereocenters. The second-order valence-corrected chi connectivity index (χ2v) is 4.73. The number of carbonyl (C=O) groups is 1. The molecule has 0 aliphatic carbocycles. The van der Waals surface area contributed by atoms with E-state index in [1.165, 1.54) is 6.26 Å². The largest absolute Gasteiger partial charge is 0.447 e. The SMILES string of the molecule is CNCc1nc(C(=O)NCCc2cccc(Cl)c2)co1. The van der Waals surface area contributed by atoms with Crippen molar-refractivity contribution in [2.24, 2.45) is 0 Å². The van der Waals surface area contributed by atoms with Crippen LogP contribution in [0.25, 0.3) is 0 Å². The standard InChI is InChI=1S/C14H16ClN3O2/c1-16-8-13-18-12(9-20-13)14(19)17-6-5-10-3-2-4-11(15)7-10/h2-4,7,9,16H,5-6,8H2,1H3,(H,17,19). The van der Waals surface area contributed by atoms with Gasteiger partial charge in [-0.2, -0.15) is 0 Å². The summed E-state index contributed by atoms with van der Waals surface area (Å²) in [6, 6.07) is 7.57. The Morgan fingerprint density at radius 1 is 1.45 bits per heavy atom. The summed E-state index contributed by atoms with van der Waals surface area (Å²) in [6.45, 7) is 1.02. The highest BCUT2D eigenvalue weighted by molar-refractivity contribution is 6.30. The molecule has 0 radical (unpaired) electrons. The van der Waals surface area contributed by atoms with Gasteiger partial charge in [-0.15, -0.1) is 0 Å². The van der Waals surface area contributed by atoms with Crippen LogP contribution < -0.4 is 10.6 Å². The van der Waals surface area contributed by atoms with Crippen LogP contribution >= 0.6 is 11.6 Å². The van der Waals surface area contributed by atoms with Crippen molar-refractivity contribution in [2.75, 3.05) is 13.6 Å². The zero-order chi connectivity index (χ0) is 14.4. The molecule has 106 valence electrons. The van der Waals surface area contributed by atoms with E-state index in [0.29, 0.717) is 36.1 Å². The monoisotopic (exact) mass is 293 g/mol. The number of halogens is 1. The first-order chi connectivity index (χ1) is 9.69.